The molecule has 0 N–H and O–H groups in total. The molecule has 7 atom stereocenters. The molecule has 2 aromatic rings. The lowest BCUT2D eigenvalue weighted by molar-refractivity contribution is -0.159. The highest BCUT2D eigenvalue weighted by atomic mass is 28.3. The molecule has 0 heterocycles. The van der Waals surface area contributed by atoms with Crippen molar-refractivity contribution in [2.24, 2.45) is 39.9 Å². The summed E-state index contributed by atoms with van der Waals surface area (Å²) in [5.74, 6) is 1.27. The van der Waals surface area contributed by atoms with Gasteiger partial charge in [-0.2, -0.15) is 0 Å². The number of benzene rings is 2. The van der Waals surface area contributed by atoms with E-state index in [-0.39, 0.29) is 39.8 Å². The first kappa shape index (κ1) is 33.1. The van der Waals surface area contributed by atoms with Crippen molar-refractivity contribution in [1.29, 1.82) is 0 Å². The second kappa shape index (κ2) is 12.0. The Kier molecular flexibility index (Phi) is 8.63. The molecule has 6 heteroatoms. The Hall–Kier alpha value is -2.83. The van der Waals surface area contributed by atoms with E-state index in [0.717, 1.165) is 48.9 Å². The van der Waals surface area contributed by atoms with E-state index in [2.05, 4.69) is 65.1 Å². The van der Waals surface area contributed by atoms with Gasteiger partial charge in [-0.1, -0.05) is 94.0 Å². The number of Topliss-reactive ketones (excluding diaryl/α,β-unsaturated/α-hetero) is 2. The lowest BCUT2D eigenvalue weighted by atomic mass is 9.43. The van der Waals surface area contributed by atoms with Gasteiger partial charge in [0.2, 0.25) is 0 Å². The van der Waals surface area contributed by atoms with Gasteiger partial charge in [-0.15, -0.1) is 0 Å². The Morgan fingerprint density at radius 3 is 2.33 bits per heavy atom. The number of methoxy groups -OCH3 is 1. The minimum absolute atomic E-state index is 0.0855. The maximum absolute atomic E-state index is 14.6. The second-order valence-electron chi connectivity index (χ2n) is 16.2. The molecule has 2 aromatic carbocycles. The molecule has 4 aliphatic carbocycles. The molecule has 0 aliphatic heterocycles. The molecule has 4 aliphatic rings. The largest absolute Gasteiger partial charge is 0.497 e. The Morgan fingerprint density at radius 2 is 1.67 bits per heavy atom. The summed E-state index contributed by atoms with van der Waals surface area (Å²) in [6.45, 7) is 15.1. The number of hydrogen-bond donors (Lipinski definition) is 0. The molecule has 0 unspecified atom stereocenters. The minimum Gasteiger partial charge on any atom is -0.497 e. The van der Waals surface area contributed by atoms with Gasteiger partial charge in [0.05, 0.1) is 27.2 Å². The molecule has 3 saturated carbocycles. The zero-order valence-corrected chi connectivity index (χ0v) is 29.9. The molecule has 246 valence electrons. The Morgan fingerprint density at radius 1 is 0.978 bits per heavy atom. The van der Waals surface area contributed by atoms with Crippen molar-refractivity contribution in [3.05, 3.63) is 71.3 Å². The Balaban J connectivity index is 1.26. The predicted octanol–water partition coefficient (Wildman–Crippen LogP) is 7.73. The van der Waals surface area contributed by atoms with Crippen LogP contribution in [0.3, 0.4) is 0 Å². The highest BCUT2D eigenvalue weighted by Gasteiger charge is 2.68. The summed E-state index contributed by atoms with van der Waals surface area (Å²) >= 11 is 0. The van der Waals surface area contributed by atoms with Crippen molar-refractivity contribution in [3.8, 4) is 5.75 Å². The van der Waals surface area contributed by atoms with Crippen LogP contribution in [0.4, 0.5) is 0 Å². The maximum atomic E-state index is 14.6. The van der Waals surface area contributed by atoms with Gasteiger partial charge in [0, 0.05) is 25.4 Å². The number of fused-ring (bicyclic) bond motifs is 4. The van der Waals surface area contributed by atoms with Crippen LogP contribution in [0.25, 0.3) is 0 Å². The maximum Gasteiger partial charge on any atom is 0.159 e. The van der Waals surface area contributed by atoms with Gasteiger partial charge in [0.25, 0.3) is 0 Å². The average Bonchev–Trinajstić information content (AvgIpc) is 3.40. The quantitative estimate of drug-likeness (QED) is 0.159. The first-order valence-electron chi connectivity index (χ1n) is 17.3. The molecule has 5 nitrogen and oxygen atoms in total. The normalized spacial score (nSPS) is 32.8. The van der Waals surface area contributed by atoms with Crippen LogP contribution in [0.2, 0.25) is 18.6 Å². The van der Waals surface area contributed by atoms with Crippen LogP contribution >= 0.6 is 0 Å². The monoisotopic (exact) mass is 640 g/mol. The molecule has 0 aromatic heterocycles. The summed E-state index contributed by atoms with van der Waals surface area (Å²) in [4.78, 5) is 42.4. The van der Waals surface area contributed by atoms with Crippen LogP contribution in [0.1, 0.15) is 71.8 Å². The number of carbonyl (C=O) groups is 3. The number of rotatable bonds is 9. The molecule has 6 rings (SSSR count). The van der Waals surface area contributed by atoms with Gasteiger partial charge in [0.15, 0.2) is 5.78 Å². The summed E-state index contributed by atoms with van der Waals surface area (Å²) in [6.07, 6.45) is 5.24. The molecular formula is C40H52O5Si. The number of allylic oxidation sites excluding steroid dienone is 2. The summed E-state index contributed by atoms with van der Waals surface area (Å²) in [5, 5.41) is 1.33. The minimum atomic E-state index is -2.11. The zero-order valence-electron chi connectivity index (χ0n) is 28.9. The first-order valence-corrected chi connectivity index (χ1v) is 20.4. The number of carbonyl (C=O) groups excluding carboxylic acids is 3. The lowest BCUT2D eigenvalue weighted by Crippen LogP contribution is -2.65. The fourth-order valence-electron chi connectivity index (χ4n) is 11.0. The third-order valence-corrected chi connectivity index (χ3v) is 17.9. The van der Waals surface area contributed by atoms with Crippen LogP contribution in [0.5, 0.6) is 5.75 Å². The third-order valence-electron chi connectivity index (χ3n) is 13.4. The van der Waals surface area contributed by atoms with Gasteiger partial charge in [0.1, 0.15) is 17.8 Å². The number of aldehydes is 1. The van der Waals surface area contributed by atoms with Crippen LogP contribution < -0.4 is 9.92 Å². The van der Waals surface area contributed by atoms with E-state index in [9.17, 15) is 14.4 Å². The van der Waals surface area contributed by atoms with Crippen molar-refractivity contribution >= 4 is 31.1 Å². The van der Waals surface area contributed by atoms with Crippen molar-refractivity contribution < 1.29 is 23.9 Å². The lowest BCUT2D eigenvalue weighted by Gasteiger charge is -2.61. The van der Waals surface area contributed by atoms with Gasteiger partial charge in [-0.05, 0) is 83.1 Å². The Bertz CT molecular complexity index is 1520. The SMILES string of the molecule is COc1ccc(COC[C@@H](C)[C@H]2CCC3=C4C(=O)C[C@@H]5C(C)(C)[C@@H]([Si](C)(C)c6ccccc6)CC(=O)[C@]5(C=O)[C@H]4CC[C@@]32C)cc1. The van der Waals surface area contributed by atoms with Crippen molar-refractivity contribution in [3.63, 3.8) is 0 Å². The number of hydrogen-bond acceptors (Lipinski definition) is 5. The van der Waals surface area contributed by atoms with Crippen molar-refractivity contribution in [2.75, 3.05) is 13.7 Å². The smallest absolute Gasteiger partial charge is 0.159 e. The van der Waals surface area contributed by atoms with E-state index in [0.29, 0.717) is 37.9 Å². The van der Waals surface area contributed by atoms with E-state index >= 15 is 0 Å². The molecule has 0 spiro atoms. The highest BCUT2D eigenvalue weighted by molar-refractivity contribution is 6.91. The van der Waals surface area contributed by atoms with Gasteiger partial charge in [-0.3, -0.25) is 9.59 Å². The van der Waals surface area contributed by atoms with E-state index < -0.39 is 13.5 Å². The van der Waals surface area contributed by atoms with E-state index in [1.54, 1.807) is 7.11 Å². The van der Waals surface area contributed by atoms with E-state index in [4.69, 9.17) is 9.47 Å². The number of ether oxygens (including phenoxy) is 2. The summed E-state index contributed by atoms with van der Waals surface area (Å²) in [7, 11) is -0.444. The van der Waals surface area contributed by atoms with Crippen molar-refractivity contribution in [1.82, 2.24) is 0 Å². The van der Waals surface area contributed by atoms with Gasteiger partial charge in [-0.25, -0.2) is 0 Å². The fourth-order valence-corrected chi connectivity index (χ4v) is 15.2. The molecular weight excluding hydrogens is 589 g/mol. The molecule has 46 heavy (non-hydrogen) atoms. The first-order chi connectivity index (χ1) is 21.8. The van der Waals surface area contributed by atoms with Gasteiger partial charge < -0.3 is 14.3 Å². The van der Waals surface area contributed by atoms with E-state index in [1.165, 1.54) is 10.8 Å². The van der Waals surface area contributed by atoms with E-state index in [1.807, 2.05) is 30.3 Å². The third kappa shape index (κ3) is 5.01. The zero-order chi connectivity index (χ0) is 33.1. The molecule has 0 amide bonds. The molecule has 0 bridgehead atoms. The fraction of sp³-hybridized carbons (Fsp3) is 0.575. The second-order valence-corrected chi connectivity index (χ2v) is 20.9. The molecule has 0 radical (unpaired) electrons. The van der Waals surface area contributed by atoms with Crippen LogP contribution in [0.15, 0.2) is 65.7 Å². The Labute approximate surface area is 276 Å². The summed E-state index contributed by atoms with van der Waals surface area (Å²) in [5.41, 5.74) is 1.83. The predicted molar refractivity (Wildman–Crippen MR) is 185 cm³/mol. The topological polar surface area (TPSA) is 69.7 Å². The van der Waals surface area contributed by atoms with Crippen LogP contribution in [-0.4, -0.2) is 39.6 Å². The molecule has 3 fully saturated rings. The van der Waals surface area contributed by atoms with Crippen LogP contribution in [-0.2, 0) is 25.7 Å². The van der Waals surface area contributed by atoms with Crippen molar-refractivity contribution in [2.45, 2.75) is 91.5 Å². The molecule has 0 saturated heterocycles. The van der Waals surface area contributed by atoms with Gasteiger partial charge >= 0.3 is 0 Å². The highest BCUT2D eigenvalue weighted by Crippen LogP contribution is 2.68. The number of ketones is 2. The van der Waals surface area contributed by atoms with Crippen LogP contribution in [0, 0.1) is 39.9 Å². The standard InChI is InChI=1S/C40H52O5Si/c1-26(23-45-24-27-13-15-28(44-5)16-14-27)30-17-18-31-37-32(19-20-39(30,31)4)40(25-41)34(21-33(37)42)38(2,3)36(22-35(40)43)46(6,7)29-11-9-8-10-12-29/h8-16,25-26,30,32,34,36H,17-24H2,1-7H3/t26-,30-,32+,34-,36+,39-,40-/m1/s1. The summed E-state index contributed by atoms with van der Waals surface area (Å²) in [6, 6.07) is 18.6. The average molecular weight is 641 g/mol. The summed E-state index contributed by atoms with van der Waals surface area (Å²) < 4.78 is 11.5.